The van der Waals surface area contributed by atoms with Gasteiger partial charge in [0.05, 0.1) is 12.7 Å². The van der Waals surface area contributed by atoms with Crippen LogP contribution in [0.5, 0.6) is 5.75 Å². The van der Waals surface area contributed by atoms with Crippen molar-refractivity contribution in [1.82, 2.24) is 4.90 Å². The maximum atomic E-state index is 13.5. The smallest absolute Gasteiger partial charge is 0.337 e. The fraction of sp³-hybridized carbons (Fsp3) is 0.222. The summed E-state index contributed by atoms with van der Waals surface area (Å²) in [4.78, 5) is 38.7. The van der Waals surface area contributed by atoms with Crippen LogP contribution in [0, 0.1) is 11.3 Å². The second-order valence-corrected chi connectivity index (χ2v) is 6.01. The highest BCUT2D eigenvalue weighted by atomic mass is 16.5. The molecule has 2 heterocycles. The lowest BCUT2D eigenvalue weighted by Gasteiger charge is -2.35. The van der Waals surface area contributed by atoms with Crippen molar-refractivity contribution >= 4 is 17.8 Å². The molecule has 2 aliphatic heterocycles. The molecule has 0 bridgehead atoms. The van der Waals surface area contributed by atoms with E-state index in [2.05, 4.69) is 0 Å². The van der Waals surface area contributed by atoms with Crippen molar-refractivity contribution in [3.05, 3.63) is 52.6 Å². The van der Waals surface area contributed by atoms with Crippen LogP contribution in [0.2, 0.25) is 0 Å². The first-order valence-electron chi connectivity index (χ1n) is 7.88. The van der Waals surface area contributed by atoms with Crippen molar-refractivity contribution in [1.29, 1.82) is 5.26 Å². The lowest BCUT2D eigenvalue weighted by atomic mass is 9.68. The van der Waals surface area contributed by atoms with Crippen LogP contribution in [0.3, 0.4) is 0 Å². The summed E-state index contributed by atoms with van der Waals surface area (Å²) in [5, 5.41) is 9.75. The van der Waals surface area contributed by atoms with E-state index >= 15 is 0 Å². The predicted molar refractivity (Wildman–Crippen MR) is 91.2 cm³/mol. The summed E-state index contributed by atoms with van der Waals surface area (Å²) >= 11 is 0. The number of esters is 1. The van der Waals surface area contributed by atoms with Crippen molar-refractivity contribution in [2.24, 2.45) is 11.5 Å². The van der Waals surface area contributed by atoms with Crippen molar-refractivity contribution < 1.29 is 23.9 Å². The number of carbonyl (C=O) groups excluding carboxylic acids is 3. The van der Waals surface area contributed by atoms with Crippen LogP contribution in [0.1, 0.15) is 12.5 Å². The van der Waals surface area contributed by atoms with Gasteiger partial charge in [0.25, 0.3) is 0 Å². The molecule has 1 aromatic carbocycles. The van der Waals surface area contributed by atoms with E-state index in [1.165, 1.54) is 6.92 Å². The molecule has 0 unspecified atom stereocenters. The van der Waals surface area contributed by atoms with Crippen LogP contribution in [0.25, 0.3) is 0 Å². The van der Waals surface area contributed by atoms with Crippen LogP contribution >= 0.6 is 0 Å². The molecule has 0 aliphatic carbocycles. The van der Waals surface area contributed by atoms with E-state index in [1.54, 1.807) is 24.3 Å². The summed E-state index contributed by atoms with van der Waals surface area (Å²) < 4.78 is 10.4. The quantitative estimate of drug-likeness (QED) is 0.701. The monoisotopic (exact) mass is 368 g/mol. The van der Waals surface area contributed by atoms with Crippen LogP contribution in [0.4, 0.5) is 0 Å². The summed E-state index contributed by atoms with van der Waals surface area (Å²) in [5.41, 5.74) is 9.36. The minimum Gasteiger partial charge on any atom is -0.466 e. The maximum Gasteiger partial charge on any atom is 0.337 e. The molecule has 2 aliphatic rings. The van der Waals surface area contributed by atoms with Gasteiger partial charge in [-0.25, -0.2) is 4.79 Å². The van der Waals surface area contributed by atoms with Gasteiger partial charge < -0.3 is 25.8 Å². The van der Waals surface area contributed by atoms with E-state index in [-0.39, 0.29) is 34.0 Å². The molecule has 1 atom stereocenters. The third-order valence-electron chi connectivity index (χ3n) is 4.66. The summed E-state index contributed by atoms with van der Waals surface area (Å²) in [6.45, 7) is 1.01. The van der Waals surface area contributed by atoms with Gasteiger partial charge in [-0.1, -0.05) is 18.2 Å². The lowest BCUT2D eigenvalue weighted by Crippen LogP contribution is -2.48. The number of nitrogens with zero attached hydrogens (tertiary/aromatic N) is 2. The van der Waals surface area contributed by atoms with E-state index < -0.39 is 29.7 Å². The van der Waals surface area contributed by atoms with Crippen molar-refractivity contribution in [3.8, 4) is 11.8 Å². The largest absolute Gasteiger partial charge is 0.466 e. The molecule has 0 saturated carbocycles. The SMILES string of the molecule is COC(=O)C1=C(C)N(CC(N)=O)C(=O)[C@]12C(C#N)=C(N)Oc1ccccc12. The molecule has 1 aromatic rings. The third-order valence-corrected chi connectivity index (χ3v) is 4.66. The Kier molecular flexibility index (Phi) is 4.12. The van der Waals surface area contributed by atoms with Gasteiger partial charge in [-0.05, 0) is 13.0 Å². The van der Waals surface area contributed by atoms with Gasteiger partial charge in [0.15, 0.2) is 5.41 Å². The summed E-state index contributed by atoms with van der Waals surface area (Å²) in [5.74, 6) is -2.39. The van der Waals surface area contributed by atoms with Crippen LogP contribution < -0.4 is 16.2 Å². The molecule has 0 aromatic heterocycles. The second-order valence-electron chi connectivity index (χ2n) is 6.01. The van der Waals surface area contributed by atoms with E-state index in [1.807, 2.05) is 6.07 Å². The number of para-hydroxylation sites is 1. The predicted octanol–water partition coefficient (Wildman–Crippen LogP) is -0.215. The molecular weight excluding hydrogens is 352 g/mol. The highest BCUT2D eigenvalue weighted by molar-refractivity contribution is 6.13. The number of nitriles is 1. The molecule has 0 fully saturated rings. The number of hydrogen-bond donors (Lipinski definition) is 2. The maximum absolute atomic E-state index is 13.5. The average molecular weight is 368 g/mol. The molecule has 9 nitrogen and oxygen atoms in total. The second kappa shape index (κ2) is 6.17. The number of amides is 2. The Bertz CT molecular complexity index is 988. The fourth-order valence-electron chi connectivity index (χ4n) is 3.59. The Morgan fingerprint density at radius 3 is 2.63 bits per heavy atom. The van der Waals surface area contributed by atoms with E-state index in [0.29, 0.717) is 0 Å². The normalized spacial score (nSPS) is 21.1. The van der Waals surface area contributed by atoms with Gasteiger partial charge in [0.2, 0.25) is 17.7 Å². The number of nitrogens with two attached hydrogens (primary N) is 2. The zero-order valence-corrected chi connectivity index (χ0v) is 14.6. The van der Waals surface area contributed by atoms with Gasteiger partial charge >= 0.3 is 5.97 Å². The van der Waals surface area contributed by atoms with Gasteiger partial charge in [0.1, 0.15) is 23.9 Å². The number of methoxy groups -OCH3 is 1. The van der Waals surface area contributed by atoms with Crippen LogP contribution in [-0.4, -0.2) is 36.3 Å². The molecule has 9 heteroatoms. The Balaban J connectivity index is 2.44. The molecule has 138 valence electrons. The molecule has 1 spiro atoms. The summed E-state index contributed by atoms with van der Waals surface area (Å²) in [6, 6.07) is 8.30. The first-order valence-corrected chi connectivity index (χ1v) is 7.88. The van der Waals surface area contributed by atoms with Crippen LogP contribution in [-0.2, 0) is 24.5 Å². The number of benzene rings is 1. The molecule has 27 heavy (non-hydrogen) atoms. The number of primary amides is 1. The number of rotatable bonds is 3. The highest BCUT2D eigenvalue weighted by Crippen LogP contribution is 2.53. The number of hydrogen-bond acceptors (Lipinski definition) is 7. The zero-order chi connectivity index (χ0) is 19.9. The van der Waals surface area contributed by atoms with Crippen molar-refractivity contribution in [3.63, 3.8) is 0 Å². The highest BCUT2D eigenvalue weighted by Gasteiger charge is 2.62. The molecule has 3 rings (SSSR count). The first kappa shape index (κ1) is 18.0. The molecule has 4 N–H and O–H groups in total. The first-order chi connectivity index (χ1) is 12.8. The summed E-state index contributed by atoms with van der Waals surface area (Å²) in [7, 11) is 1.15. The Labute approximate surface area is 154 Å². The average Bonchev–Trinajstić information content (AvgIpc) is 2.83. The van der Waals surface area contributed by atoms with Crippen molar-refractivity contribution in [2.75, 3.05) is 13.7 Å². The molecule has 0 radical (unpaired) electrons. The van der Waals surface area contributed by atoms with Gasteiger partial charge in [-0.2, -0.15) is 5.26 Å². The standard InChI is InChI=1S/C18H16N4O5/c1-9-14(16(24)26-2)18(17(25)22(9)8-13(20)23)10-5-3-4-6-12(10)27-15(21)11(18)7-19/h3-6H,8,21H2,1-2H3,(H2,20,23)/t18-/m1/s1. The minimum atomic E-state index is -1.87. The van der Waals surface area contributed by atoms with E-state index in [9.17, 15) is 19.6 Å². The molecule has 2 amide bonds. The number of ether oxygens (including phenoxy) is 2. The zero-order valence-electron chi connectivity index (χ0n) is 14.6. The van der Waals surface area contributed by atoms with Gasteiger partial charge in [-0.3, -0.25) is 9.59 Å². The minimum absolute atomic E-state index is 0.105. The van der Waals surface area contributed by atoms with E-state index in [4.69, 9.17) is 20.9 Å². The Morgan fingerprint density at radius 2 is 2.04 bits per heavy atom. The topological polar surface area (TPSA) is 149 Å². The number of allylic oxidation sites excluding steroid dienone is 1. The summed E-state index contributed by atoms with van der Waals surface area (Å²) in [6.07, 6.45) is 0. The number of fused-ring (bicyclic) bond motifs is 2. The van der Waals surface area contributed by atoms with E-state index in [0.717, 1.165) is 12.0 Å². The Hall–Kier alpha value is -3.80. The van der Waals surface area contributed by atoms with Gasteiger partial charge in [-0.15, -0.1) is 0 Å². The third kappa shape index (κ3) is 2.27. The fourth-order valence-corrected chi connectivity index (χ4v) is 3.59. The Morgan fingerprint density at radius 1 is 1.37 bits per heavy atom. The van der Waals surface area contributed by atoms with Gasteiger partial charge in [0, 0.05) is 11.3 Å². The lowest BCUT2D eigenvalue weighted by molar-refractivity contribution is -0.139. The molecular formula is C18H16N4O5. The number of carbonyl (C=O) groups is 3. The van der Waals surface area contributed by atoms with Crippen LogP contribution in [0.15, 0.2) is 47.0 Å². The van der Waals surface area contributed by atoms with Crippen molar-refractivity contribution in [2.45, 2.75) is 12.3 Å². The molecule has 0 saturated heterocycles.